The second-order valence-corrected chi connectivity index (χ2v) is 7.34. The molecule has 0 heteroatoms. The third-order valence-corrected chi connectivity index (χ3v) is 4.41. The highest BCUT2D eigenvalue weighted by Crippen LogP contribution is 2.51. The van der Waals surface area contributed by atoms with Crippen LogP contribution < -0.4 is 0 Å². The van der Waals surface area contributed by atoms with Gasteiger partial charge in [-0.1, -0.05) is 74.1 Å². The maximum atomic E-state index is 2.46. The van der Waals surface area contributed by atoms with Gasteiger partial charge in [0, 0.05) is 0 Å². The predicted molar refractivity (Wildman–Crippen MR) is 80.4 cm³/mol. The molecular formula is C17H36. The van der Waals surface area contributed by atoms with Gasteiger partial charge in [-0.2, -0.15) is 0 Å². The van der Waals surface area contributed by atoms with Crippen molar-refractivity contribution >= 4 is 0 Å². The fourth-order valence-corrected chi connectivity index (χ4v) is 3.20. The lowest BCUT2D eigenvalue weighted by Gasteiger charge is -2.47. The monoisotopic (exact) mass is 240 g/mol. The standard InChI is InChI=1S/C17H36/c1-8-10-12-17(13-11-9-2,14-15(3)4)16(5,6)7/h15H,8-14H2,1-7H3. The van der Waals surface area contributed by atoms with Crippen molar-refractivity contribution < 1.29 is 0 Å². The van der Waals surface area contributed by atoms with Crippen LogP contribution in [0.3, 0.4) is 0 Å². The fraction of sp³-hybridized carbons (Fsp3) is 1.00. The van der Waals surface area contributed by atoms with Crippen LogP contribution in [0.15, 0.2) is 0 Å². The zero-order valence-electron chi connectivity index (χ0n) is 13.5. The Hall–Kier alpha value is 0. The van der Waals surface area contributed by atoms with Crippen LogP contribution >= 0.6 is 0 Å². The largest absolute Gasteiger partial charge is 0.0654 e. The van der Waals surface area contributed by atoms with Crippen molar-refractivity contribution in [2.75, 3.05) is 0 Å². The Bertz CT molecular complexity index is 175. The molecule has 0 saturated heterocycles. The van der Waals surface area contributed by atoms with Gasteiger partial charge in [0.1, 0.15) is 0 Å². The molecule has 0 aliphatic heterocycles. The Morgan fingerprint density at radius 3 is 1.47 bits per heavy atom. The van der Waals surface area contributed by atoms with Gasteiger partial charge in [0.15, 0.2) is 0 Å². The Balaban J connectivity index is 4.91. The summed E-state index contributed by atoms with van der Waals surface area (Å²) >= 11 is 0. The second kappa shape index (κ2) is 7.44. The molecule has 0 rings (SSSR count). The summed E-state index contributed by atoms with van der Waals surface area (Å²) in [6, 6.07) is 0. The summed E-state index contributed by atoms with van der Waals surface area (Å²) < 4.78 is 0. The first-order valence-corrected chi connectivity index (χ1v) is 7.79. The maximum Gasteiger partial charge on any atom is -0.0246 e. The molecule has 0 saturated carbocycles. The molecule has 0 spiro atoms. The quantitative estimate of drug-likeness (QED) is 0.457. The third kappa shape index (κ3) is 5.44. The molecule has 0 N–H and O–H groups in total. The lowest BCUT2D eigenvalue weighted by Crippen LogP contribution is -2.37. The molecule has 0 fully saturated rings. The summed E-state index contributed by atoms with van der Waals surface area (Å²) in [6.07, 6.45) is 9.71. The Labute approximate surface area is 111 Å². The lowest BCUT2D eigenvalue weighted by molar-refractivity contribution is 0.0332. The predicted octanol–water partition coefficient (Wildman–Crippen LogP) is 6.45. The van der Waals surface area contributed by atoms with Crippen LogP contribution in [-0.4, -0.2) is 0 Å². The van der Waals surface area contributed by atoms with Gasteiger partial charge in [-0.3, -0.25) is 0 Å². The zero-order chi connectivity index (χ0) is 13.5. The zero-order valence-corrected chi connectivity index (χ0v) is 13.5. The highest BCUT2D eigenvalue weighted by Gasteiger charge is 2.40. The van der Waals surface area contributed by atoms with E-state index in [1.54, 1.807) is 0 Å². The molecule has 0 aliphatic carbocycles. The smallest absolute Gasteiger partial charge is 0.0246 e. The van der Waals surface area contributed by atoms with E-state index in [4.69, 9.17) is 0 Å². The average Bonchev–Trinajstić information content (AvgIpc) is 2.19. The SMILES string of the molecule is CCCCC(CCCC)(CC(C)C)C(C)(C)C. The summed E-state index contributed by atoms with van der Waals surface area (Å²) in [5.41, 5.74) is 1.01. The van der Waals surface area contributed by atoms with Gasteiger partial charge in [0.2, 0.25) is 0 Å². The summed E-state index contributed by atoms with van der Waals surface area (Å²) in [7, 11) is 0. The molecule has 0 atom stereocenters. The van der Waals surface area contributed by atoms with Crippen molar-refractivity contribution in [2.24, 2.45) is 16.7 Å². The van der Waals surface area contributed by atoms with Gasteiger partial charge in [-0.05, 0) is 36.0 Å². The van der Waals surface area contributed by atoms with Gasteiger partial charge >= 0.3 is 0 Å². The van der Waals surface area contributed by atoms with Crippen LogP contribution in [0.4, 0.5) is 0 Å². The first-order valence-electron chi connectivity index (χ1n) is 7.79. The van der Waals surface area contributed by atoms with Crippen LogP contribution in [0.25, 0.3) is 0 Å². The molecule has 104 valence electrons. The van der Waals surface area contributed by atoms with E-state index in [-0.39, 0.29) is 0 Å². The first-order chi connectivity index (χ1) is 7.79. The normalized spacial score (nSPS) is 13.4. The molecule has 0 aromatic heterocycles. The molecule has 0 heterocycles. The summed E-state index contributed by atoms with van der Waals surface area (Å²) in [5.74, 6) is 0.822. The van der Waals surface area contributed by atoms with Crippen LogP contribution in [0, 0.1) is 16.7 Å². The molecule has 0 bridgehead atoms. The van der Waals surface area contributed by atoms with Crippen LogP contribution in [0.1, 0.15) is 93.4 Å². The number of unbranched alkanes of at least 4 members (excludes halogenated alkanes) is 2. The molecule has 17 heavy (non-hydrogen) atoms. The number of hydrogen-bond acceptors (Lipinski definition) is 0. The van der Waals surface area contributed by atoms with Crippen LogP contribution in [-0.2, 0) is 0 Å². The first kappa shape index (κ1) is 17.0. The molecule has 0 aliphatic rings. The average molecular weight is 240 g/mol. The van der Waals surface area contributed by atoms with E-state index in [0.717, 1.165) is 5.92 Å². The molecular weight excluding hydrogens is 204 g/mol. The highest BCUT2D eigenvalue weighted by atomic mass is 14.5. The van der Waals surface area contributed by atoms with Gasteiger partial charge in [0.05, 0.1) is 0 Å². The van der Waals surface area contributed by atoms with Crippen molar-refractivity contribution in [3.63, 3.8) is 0 Å². The maximum absolute atomic E-state index is 2.46. The van der Waals surface area contributed by atoms with E-state index in [1.807, 2.05) is 0 Å². The van der Waals surface area contributed by atoms with E-state index in [2.05, 4.69) is 48.5 Å². The van der Waals surface area contributed by atoms with Gasteiger partial charge in [-0.25, -0.2) is 0 Å². The molecule has 0 amide bonds. The van der Waals surface area contributed by atoms with Crippen molar-refractivity contribution in [3.05, 3.63) is 0 Å². The molecule has 0 unspecified atom stereocenters. The molecule has 0 radical (unpaired) electrons. The van der Waals surface area contributed by atoms with Crippen molar-refractivity contribution in [1.82, 2.24) is 0 Å². The molecule has 0 aromatic rings. The van der Waals surface area contributed by atoms with Gasteiger partial charge in [0.25, 0.3) is 0 Å². The summed E-state index contributed by atoms with van der Waals surface area (Å²) in [6.45, 7) is 16.8. The van der Waals surface area contributed by atoms with E-state index in [0.29, 0.717) is 10.8 Å². The lowest BCUT2D eigenvalue weighted by atomic mass is 9.58. The number of rotatable bonds is 8. The third-order valence-electron chi connectivity index (χ3n) is 4.41. The Kier molecular flexibility index (Phi) is 7.44. The van der Waals surface area contributed by atoms with E-state index in [9.17, 15) is 0 Å². The van der Waals surface area contributed by atoms with E-state index < -0.39 is 0 Å². The molecule has 0 aromatic carbocycles. The topological polar surface area (TPSA) is 0 Å². The second-order valence-electron chi connectivity index (χ2n) is 7.34. The van der Waals surface area contributed by atoms with Crippen molar-refractivity contribution in [3.8, 4) is 0 Å². The fourth-order valence-electron chi connectivity index (χ4n) is 3.20. The van der Waals surface area contributed by atoms with Crippen molar-refractivity contribution in [2.45, 2.75) is 93.4 Å². The Morgan fingerprint density at radius 1 is 0.824 bits per heavy atom. The molecule has 0 nitrogen and oxygen atoms in total. The van der Waals surface area contributed by atoms with Crippen LogP contribution in [0.2, 0.25) is 0 Å². The minimum atomic E-state index is 0.446. The van der Waals surface area contributed by atoms with E-state index >= 15 is 0 Å². The van der Waals surface area contributed by atoms with Crippen LogP contribution in [0.5, 0.6) is 0 Å². The van der Waals surface area contributed by atoms with E-state index in [1.165, 1.54) is 44.9 Å². The Morgan fingerprint density at radius 2 is 1.24 bits per heavy atom. The summed E-state index contributed by atoms with van der Waals surface area (Å²) in [5, 5.41) is 0. The summed E-state index contributed by atoms with van der Waals surface area (Å²) in [4.78, 5) is 0. The highest BCUT2D eigenvalue weighted by molar-refractivity contribution is 4.90. The minimum Gasteiger partial charge on any atom is -0.0654 e. The van der Waals surface area contributed by atoms with Crippen molar-refractivity contribution in [1.29, 1.82) is 0 Å². The number of hydrogen-bond donors (Lipinski definition) is 0. The van der Waals surface area contributed by atoms with Gasteiger partial charge in [-0.15, -0.1) is 0 Å². The van der Waals surface area contributed by atoms with Gasteiger partial charge < -0.3 is 0 Å². The minimum absolute atomic E-state index is 0.446.